The molecule has 4 unspecified atom stereocenters. The molecule has 1 fully saturated rings. The van der Waals surface area contributed by atoms with E-state index in [2.05, 4.69) is 17.5 Å². The van der Waals surface area contributed by atoms with E-state index in [1.54, 1.807) is 0 Å². The molecule has 0 saturated heterocycles. The fourth-order valence-corrected chi connectivity index (χ4v) is 2.41. The number of halogens is 2. The average Bonchev–Trinajstić information content (AvgIpc) is 2.19. The van der Waals surface area contributed by atoms with Crippen molar-refractivity contribution in [2.45, 2.75) is 30.9 Å². The Balaban J connectivity index is 1.94. The van der Waals surface area contributed by atoms with Crippen LogP contribution in [-0.2, 0) is 4.79 Å². The Morgan fingerprint density at radius 1 is 1.50 bits per heavy atom. The number of rotatable bonds is 2. The summed E-state index contributed by atoms with van der Waals surface area (Å²) in [5.41, 5.74) is -1.92. The van der Waals surface area contributed by atoms with E-state index < -0.39 is 11.5 Å². The van der Waals surface area contributed by atoms with Crippen molar-refractivity contribution in [1.29, 1.82) is 0 Å². The molecule has 0 aromatic carbocycles. The number of carbonyl (C=O) groups is 1. The highest BCUT2D eigenvalue weighted by Crippen LogP contribution is 2.36. The molecule has 4 atom stereocenters. The second kappa shape index (κ2) is 3.89. The van der Waals surface area contributed by atoms with Gasteiger partial charge in [0.25, 0.3) is 11.5 Å². The van der Waals surface area contributed by atoms with Crippen LogP contribution in [0.1, 0.15) is 19.3 Å². The Morgan fingerprint density at radius 2 is 2.29 bits per heavy atom. The highest BCUT2D eigenvalue weighted by molar-refractivity contribution is 6.29. The topological polar surface area (TPSA) is 29.1 Å². The molecule has 1 saturated carbocycles. The maximum atomic E-state index is 12.4. The van der Waals surface area contributed by atoms with E-state index in [4.69, 9.17) is 11.6 Å². The first-order chi connectivity index (χ1) is 6.66. The molecule has 1 N–H and O–H groups in total. The normalized spacial score (nSPS) is 36.9. The predicted octanol–water partition coefficient (Wildman–Crippen LogP) is 1.99. The molecule has 2 nitrogen and oxygen atoms in total. The van der Waals surface area contributed by atoms with E-state index >= 15 is 0 Å². The van der Waals surface area contributed by atoms with Gasteiger partial charge in [-0.2, -0.15) is 0 Å². The third kappa shape index (κ3) is 1.92. The van der Waals surface area contributed by atoms with Crippen LogP contribution < -0.4 is 5.32 Å². The lowest BCUT2D eigenvalue weighted by Crippen LogP contribution is -2.46. The largest absolute Gasteiger partial charge is 0.349 e. The molecule has 3 aliphatic carbocycles. The van der Waals surface area contributed by atoms with Crippen LogP contribution in [-0.4, -0.2) is 17.6 Å². The minimum Gasteiger partial charge on any atom is -0.349 e. The average molecular weight is 218 g/mol. The molecule has 0 aromatic rings. The molecule has 0 aliphatic heterocycles. The summed E-state index contributed by atoms with van der Waals surface area (Å²) in [5.74, 6) is 0.232. The fraction of sp³-hybridized carbons (Fsp3) is 0.700. The van der Waals surface area contributed by atoms with Gasteiger partial charge in [0.05, 0.1) is 0 Å². The van der Waals surface area contributed by atoms with Crippen molar-refractivity contribution >= 4 is 17.5 Å². The molecule has 3 aliphatic rings. The maximum Gasteiger partial charge on any atom is 0.270 e. The smallest absolute Gasteiger partial charge is 0.270 e. The lowest BCUT2D eigenvalue weighted by molar-refractivity contribution is -0.124. The molecule has 0 radical (unpaired) electrons. The van der Waals surface area contributed by atoms with Gasteiger partial charge in [0.1, 0.15) is 0 Å². The van der Waals surface area contributed by atoms with Crippen molar-refractivity contribution in [3.05, 3.63) is 12.2 Å². The van der Waals surface area contributed by atoms with Crippen LogP contribution in [0.15, 0.2) is 12.2 Å². The van der Waals surface area contributed by atoms with E-state index in [0.29, 0.717) is 11.8 Å². The molecule has 78 valence electrons. The Bertz CT molecular complexity index is 267. The Morgan fingerprint density at radius 3 is 2.71 bits per heavy atom. The summed E-state index contributed by atoms with van der Waals surface area (Å²) in [6.45, 7) is 0. The van der Waals surface area contributed by atoms with Gasteiger partial charge in [-0.15, -0.1) is 0 Å². The summed E-state index contributed by atoms with van der Waals surface area (Å²) in [7, 11) is 0. The van der Waals surface area contributed by atoms with Gasteiger partial charge in [0.2, 0.25) is 0 Å². The summed E-state index contributed by atoms with van der Waals surface area (Å²) in [6, 6.07) is 0.0863. The zero-order valence-corrected chi connectivity index (χ0v) is 8.51. The van der Waals surface area contributed by atoms with E-state index in [0.717, 1.165) is 12.8 Å². The molecular formula is C10H13ClFNO. The van der Waals surface area contributed by atoms with Crippen LogP contribution in [0.5, 0.6) is 0 Å². The number of fused-ring (bicyclic) bond motifs is 2. The van der Waals surface area contributed by atoms with Crippen LogP contribution in [0.25, 0.3) is 0 Å². The van der Waals surface area contributed by atoms with E-state index in [1.165, 1.54) is 6.42 Å². The van der Waals surface area contributed by atoms with E-state index in [9.17, 15) is 9.18 Å². The summed E-state index contributed by atoms with van der Waals surface area (Å²) >= 11 is 5.05. The van der Waals surface area contributed by atoms with Crippen LogP contribution in [0.3, 0.4) is 0 Å². The molecule has 0 heterocycles. The minimum absolute atomic E-state index is 0.0863. The molecule has 4 heteroatoms. The molecule has 1 amide bonds. The molecule has 2 bridgehead atoms. The Labute approximate surface area is 87.5 Å². The third-order valence-corrected chi connectivity index (χ3v) is 3.30. The number of hydrogen-bond donors (Lipinski definition) is 1. The number of nitrogens with one attached hydrogen (secondary N) is 1. The van der Waals surface area contributed by atoms with Crippen LogP contribution in [0.4, 0.5) is 4.39 Å². The highest BCUT2D eigenvalue weighted by Gasteiger charge is 2.33. The van der Waals surface area contributed by atoms with Gasteiger partial charge in [-0.25, -0.2) is 4.39 Å². The number of carbonyl (C=O) groups excluding carboxylic acids is 1. The zero-order valence-electron chi connectivity index (χ0n) is 7.75. The van der Waals surface area contributed by atoms with Crippen molar-refractivity contribution < 1.29 is 9.18 Å². The maximum absolute atomic E-state index is 12.4. The monoisotopic (exact) mass is 217 g/mol. The summed E-state index contributed by atoms with van der Waals surface area (Å²) in [4.78, 5) is 11.0. The molecule has 0 aromatic heterocycles. The Kier molecular flexibility index (Phi) is 2.77. The second-order valence-corrected chi connectivity index (χ2v) is 4.42. The van der Waals surface area contributed by atoms with Gasteiger partial charge in [0.15, 0.2) is 0 Å². The second-order valence-electron chi connectivity index (χ2n) is 4.04. The van der Waals surface area contributed by atoms with Crippen molar-refractivity contribution in [3.8, 4) is 0 Å². The quantitative estimate of drug-likeness (QED) is 0.556. The summed E-state index contributed by atoms with van der Waals surface area (Å²) in [5, 5.41) is 2.65. The molecule has 3 rings (SSSR count). The number of allylic oxidation sites excluding steroid dienone is 1. The summed E-state index contributed by atoms with van der Waals surface area (Å²) in [6.07, 6.45) is 7.53. The van der Waals surface area contributed by atoms with Gasteiger partial charge < -0.3 is 5.32 Å². The van der Waals surface area contributed by atoms with Crippen LogP contribution in [0.2, 0.25) is 0 Å². The van der Waals surface area contributed by atoms with Crippen LogP contribution in [0, 0.1) is 11.8 Å². The Hall–Kier alpha value is -0.570. The van der Waals surface area contributed by atoms with Crippen molar-refractivity contribution in [2.24, 2.45) is 11.8 Å². The van der Waals surface area contributed by atoms with Crippen molar-refractivity contribution in [3.63, 3.8) is 0 Å². The number of amides is 1. The van der Waals surface area contributed by atoms with Crippen molar-refractivity contribution in [2.75, 3.05) is 0 Å². The fourth-order valence-electron chi connectivity index (χ4n) is 2.34. The van der Waals surface area contributed by atoms with Gasteiger partial charge in [0, 0.05) is 6.04 Å². The van der Waals surface area contributed by atoms with E-state index in [-0.39, 0.29) is 6.04 Å². The first kappa shape index (κ1) is 9.97. The molecular weight excluding hydrogens is 205 g/mol. The van der Waals surface area contributed by atoms with Crippen LogP contribution >= 0.6 is 11.6 Å². The zero-order chi connectivity index (χ0) is 10.1. The van der Waals surface area contributed by atoms with Gasteiger partial charge in [-0.05, 0) is 31.1 Å². The van der Waals surface area contributed by atoms with Crippen molar-refractivity contribution in [1.82, 2.24) is 5.32 Å². The first-order valence-electron chi connectivity index (χ1n) is 4.93. The lowest BCUT2D eigenvalue weighted by Gasteiger charge is -2.38. The standard InChI is InChI=1S/C10H13ClFNO/c11-9(12)10(14)13-8-5-6-1-3-7(8)4-2-6/h1,3,6-9H,2,4-5H2,(H,13,14). The molecule has 14 heavy (non-hydrogen) atoms. The molecule has 0 spiro atoms. The number of hydrogen-bond acceptors (Lipinski definition) is 1. The SMILES string of the molecule is O=C(NC1CC2C=CC1CC2)C(F)Cl. The van der Waals surface area contributed by atoms with E-state index in [1.807, 2.05) is 0 Å². The van der Waals surface area contributed by atoms with Gasteiger partial charge >= 0.3 is 0 Å². The minimum atomic E-state index is -1.92. The highest BCUT2D eigenvalue weighted by atomic mass is 35.5. The number of alkyl halides is 2. The third-order valence-electron chi connectivity index (χ3n) is 3.10. The first-order valence-corrected chi connectivity index (χ1v) is 5.37. The lowest BCUT2D eigenvalue weighted by atomic mass is 9.73. The van der Waals surface area contributed by atoms with Gasteiger partial charge in [-0.1, -0.05) is 23.8 Å². The summed E-state index contributed by atoms with van der Waals surface area (Å²) < 4.78 is 12.4. The predicted molar refractivity (Wildman–Crippen MR) is 52.7 cm³/mol. The van der Waals surface area contributed by atoms with Gasteiger partial charge in [-0.3, -0.25) is 4.79 Å².